The first-order valence-electron chi connectivity index (χ1n) is 8.05. The zero-order valence-corrected chi connectivity index (χ0v) is 15.1. The minimum absolute atomic E-state index is 1.31. The van der Waals surface area contributed by atoms with E-state index >= 15 is 0 Å². The molecule has 0 fully saturated rings. The van der Waals surface area contributed by atoms with Gasteiger partial charge in [-0.3, -0.25) is 8.42 Å². The van der Waals surface area contributed by atoms with Crippen LogP contribution < -0.4 is 10.6 Å². The molecule has 0 bridgehead atoms. The lowest BCUT2D eigenvalue weighted by Crippen LogP contribution is -2.79. The van der Waals surface area contributed by atoms with Crippen LogP contribution in [0.2, 0.25) is 0 Å². The van der Waals surface area contributed by atoms with Crippen molar-refractivity contribution in [2.45, 2.75) is 65.2 Å². The van der Waals surface area contributed by atoms with Gasteiger partial charge in [0.25, 0.3) is 0 Å². The molecule has 0 aromatic carbocycles. The standard InChI is InChI=1S/2C7H17N.H2O4S/c2*1-3-4-5-6-7-8-2;1-5(2,3)4/h2*8H,3-7H2,1-2H3;(H2,1,2,3,4). The van der Waals surface area contributed by atoms with Crippen LogP contribution in [0, 0.1) is 0 Å². The highest BCUT2D eigenvalue weighted by molar-refractivity contribution is 7.79. The van der Waals surface area contributed by atoms with Gasteiger partial charge in [-0.15, -0.1) is 0 Å². The van der Waals surface area contributed by atoms with Crippen molar-refractivity contribution in [3.05, 3.63) is 0 Å². The Hall–Kier alpha value is -0.210. The molecule has 132 valence electrons. The predicted molar refractivity (Wildman–Crippen MR) is 84.2 cm³/mol. The van der Waals surface area contributed by atoms with Gasteiger partial charge in [0, 0.05) is 10.4 Å². The van der Waals surface area contributed by atoms with Crippen molar-refractivity contribution < 1.29 is 28.2 Å². The summed E-state index contributed by atoms with van der Waals surface area (Å²) in [6.07, 6.45) is 11.1. The quantitative estimate of drug-likeness (QED) is 0.338. The third-order valence-electron chi connectivity index (χ3n) is 2.69. The number of rotatable bonds is 10. The summed E-state index contributed by atoms with van der Waals surface area (Å²) >= 11 is 0. The van der Waals surface area contributed by atoms with Gasteiger partial charge in [-0.2, -0.15) is 0 Å². The van der Waals surface area contributed by atoms with E-state index in [4.69, 9.17) is 17.5 Å². The molecular formula is C14H36N2O4S. The molecule has 21 heavy (non-hydrogen) atoms. The molecule has 4 N–H and O–H groups in total. The first kappa shape index (κ1) is 25.7. The molecule has 0 heterocycles. The van der Waals surface area contributed by atoms with Crippen molar-refractivity contribution in [1.29, 1.82) is 0 Å². The molecule has 0 aromatic heterocycles. The lowest BCUT2D eigenvalue weighted by Gasteiger charge is -2.06. The monoisotopic (exact) mass is 328 g/mol. The summed E-state index contributed by atoms with van der Waals surface area (Å²) < 4.78 is 34.1. The van der Waals surface area contributed by atoms with Gasteiger partial charge >= 0.3 is 0 Å². The van der Waals surface area contributed by atoms with E-state index in [1.54, 1.807) is 0 Å². The van der Waals surface area contributed by atoms with Crippen molar-refractivity contribution >= 4 is 10.4 Å². The van der Waals surface area contributed by atoms with Crippen LogP contribution in [0.3, 0.4) is 0 Å². The summed E-state index contributed by atoms with van der Waals surface area (Å²) in [6, 6.07) is 0. The van der Waals surface area contributed by atoms with E-state index in [0.29, 0.717) is 0 Å². The molecule has 0 aliphatic carbocycles. The highest BCUT2D eigenvalue weighted by atomic mass is 32.3. The fourth-order valence-corrected chi connectivity index (χ4v) is 1.55. The van der Waals surface area contributed by atoms with Crippen LogP contribution >= 0.6 is 0 Å². The van der Waals surface area contributed by atoms with Crippen LogP contribution in [0.15, 0.2) is 0 Å². The third-order valence-corrected chi connectivity index (χ3v) is 2.69. The summed E-state index contributed by atoms with van der Waals surface area (Å²) in [6.45, 7) is 7.10. The summed E-state index contributed by atoms with van der Waals surface area (Å²) in [5.74, 6) is 0. The molecule has 0 saturated carbocycles. The van der Waals surface area contributed by atoms with E-state index in [1.807, 2.05) is 0 Å². The highest BCUT2D eigenvalue weighted by Crippen LogP contribution is 1.95. The van der Waals surface area contributed by atoms with Crippen LogP contribution in [0.4, 0.5) is 0 Å². The van der Waals surface area contributed by atoms with Crippen LogP contribution in [-0.4, -0.2) is 44.7 Å². The average molecular weight is 329 g/mol. The number of nitrogens with two attached hydrogens (primary N) is 2. The molecule has 0 aromatic rings. The summed E-state index contributed by atoms with van der Waals surface area (Å²) in [4.78, 5) is 0. The lowest BCUT2D eigenvalue weighted by atomic mass is 10.2. The van der Waals surface area contributed by atoms with Gasteiger partial charge in [-0.25, -0.2) is 0 Å². The predicted octanol–water partition coefficient (Wildman–Crippen LogP) is 0.182. The Morgan fingerprint density at radius 1 is 0.714 bits per heavy atom. The van der Waals surface area contributed by atoms with Crippen LogP contribution in [0.25, 0.3) is 0 Å². The Labute approximate surface area is 131 Å². The molecule has 0 amide bonds. The Kier molecular flexibility index (Phi) is 27.0. The smallest absolute Gasteiger partial charge is 0.0753 e. The topological polar surface area (TPSA) is 113 Å². The van der Waals surface area contributed by atoms with E-state index in [2.05, 4.69) is 38.6 Å². The minimum Gasteiger partial charge on any atom is -0.759 e. The second kappa shape index (κ2) is 22.1. The van der Waals surface area contributed by atoms with Crippen LogP contribution in [0.5, 0.6) is 0 Å². The van der Waals surface area contributed by atoms with Crippen molar-refractivity contribution in [3.8, 4) is 0 Å². The van der Waals surface area contributed by atoms with Crippen LogP contribution in [-0.2, 0) is 10.4 Å². The Balaban J connectivity index is -0.000000239. The van der Waals surface area contributed by atoms with Crippen LogP contribution in [0.1, 0.15) is 65.2 Å². The molecule has 0 aliphatic heterocycles. The van der Waals surface area contributed by atoms with Gasteiger partial charge in [-0.05, 0) is 25.7 Å². The first-order valence-corrected chi connectivity index (χ1v) is 9.39. The van der Waals surface area contributed by atoms with E-state index in [0.717, 1.165) is 0 Å². The van der Waals surface area contributed by atoms with E-state index in [-0.39, 0.29) is 0 Å². The number of hydrogen-bond donors (Lipinski definition) is 2. The largest absolute Gasteiger partial charge is 0.759 e. The zero-order chi connectivity index (χ0) is 17.0. The molecule has 6 nitrogen and oxygen atoms in total. The zero-order valence-electron chi connectivity index (χ0n) is 14.3. The summed E-state index contributed by atoms with van der Waals surface area (Å²) in [7, 11) is -0.905. The molecule has 0 unspecified atom stereocenters. The SMILES string of the molecule is CCCCCC[NH2+]C.CCCCCC[NH2+]C.O=S(=O)([O-])[O-]. The van der Waals surface area contributed by atoms with Gasteiger partial charge in [0.05, 0.1) is 27.2 Å². The maximum Gasteiger partial charge on any atom is 0.0753 e. The first-order chi connectivity index (χ1) is 9.83. The normalized spacial score (nSPS) is 10.2. The fourth-order valence-electron chi connectivity index (χ4n) is 1.55. The Bertz CT molecular complexity index is 228. The van der Waals surface area contributed by atoms with Crippen molar-refractivity contribution in [2.24, 2.45) is 0 Å². The maximum atomic E-state index is 8.52. The third kappa shape index (κ3) is 65.3. The van der Waals surface area contributed by atoms with Gasteiger partial charge < -0.3 is 19.7 Å². The molecule has 0 radical (unpaired) electrons. The Morgan fingerprint density at radius 3 is 1.19 bits per heavy atom. The van der Waals surface area contributed by atoms with Crippen molar-refractivity contribution in [2.75, 3.05) is 27.2 Å². The molecule has 7 heteroatoms. The Morgan fingerprint density at radius 2 is 1.00 bits per heavy atom. The molecule has 0 atom stereocenters. The van der Waals surface area contributed by atoms with Crippen molar-refractivity contribution in [3.63, 3.8) is 0 Å². The van der Waals surface area contributed by atoms with Gasteiger partial charge in [0.1, 0.15) is 0 Å². The van der Waals surface area contributed by atoms with Gasteiger partial charge in [-0.1, -0.05) is 39.5 Å². The second-order valence-corrected chi connectivity index (χ2v) is 5.74. The van der Waals surface area contributed by atoms with Gasteiger partial charge in [0.2, 0.25) is 0 Å². The molecule has 0 aliphatic rings. The number of quaternary nitrogens is 2. The number of unbranched alkanes of at least 4 members (excludes halogenated alkanes) is 6. The van der Waals surface area contributed by atoms with E-state index < -0.39 is 10.4 Å². The van der Waals surface area contributed by atoms with E-state index in [1.165, 1.54) is 64.5 Å². The minimum atomic E-state index is -5.17. The van der Waals surface area contributed by atoms with E-state index in [9.17, 15) is 0 Å². The molecule has 0 saturated heterocycles. The maximum absolute atomic E-state index is 8.52. The second-order valence-electron chi connectivity index (χ2n) is 4.92. The summed E-state index contributed by atoms with van der Waals surface area (Å²) in [5, 5.41) is 4.49. The fraction of sp³-hybridized carbons (Fsp3) is 1.00. The highest BCUT2D eigenvalue weighted by Gasteiger charge is 1.85. The lowest BCUT2D eigenvalue weighted by molar-refractivity contribution is -0.627. The molecular weight excluding hydrogens is 292 g/mol. The van der Waals surface area contributed by atoms with Crippen molar-refractivity contribution in [1.82, 2.24) is 0 Å². The molecule has 0 rings (SSSR count). The summed E-state index contributed by atoms with van der Waals surface area (Å²) in [5.41, 5.74) is 0. The van der Waals surface area contributed by atoms with Gasteiger partial charge in [0.15, 0.2) is 0 Å². The number of hydrogen-bond acceptors (Lipinski definition) is 4. The molecule has 0 spiro atoms. The average Bonchev–Trinajstić information content (AvgIpc) is 2.39.